The van der Waals surface area contributed by atoms with Crippen molar-refractivity contribution in [1.29, 1.82) is 0 Å². The van der Waals surface area contributed by atoms with Gasteiger partial charge in [0.25, 0.3) is 0 Å². The summed E-state index contributed by atoms with van der Waals surface area (Å²) < 4.78 is 5.16. The Morgan fingerprint density at radius 2 is 2.06 bits per heavy atom. The summed E-state index contributed by atoms with van der Waals surface area (Å²) in [6.45, 7) is 0. The average molecular weight is 244 g/mol. The van der Waals surface area contributed by atoms with E-state index in [9.17, 15) is 4.79 Å². The van der Waals surface area contributed by atoms with E-state index in [-0.39, 0.29) is 5.78 Å². The van der Waals surface area contributed by atoms with Crippen LogP contribution in [0.15, 0.2) is 35.9 Å². The second kappa shape index (κ2) is 6.39. The van der Waals surface area contributed by atoms with E-state index >= 15 is 0 Å². The lowest BCUT2D eigenvalue weighted by Gasteiger charge is -2.12. The number of ether oxygens (including phenoxy) is 1. The Labute approximate surface area is 109 Å². The van der Waals surface area contributed by atoms with Crippen molar-refractivity contribution in [3.63, 3.8) is 0 Å². The second-order valence-corrected chi connectivity index (χ2v) is 4.86. The Bertz CT molecular complexity index is 438. The molecule has 18 heavy (non-hydrogen) atoms. The molecule has 96 valence electrons. The van der Waals surface area contributed by atoms with Crippen LogP contribution in [0.4, 0.5) is 0 Å². The van der Waals surface area contributed by atoms with Gasteiger partial charge in [-0.1, -0.05) is 24.1 Å². The van der Waals surface area contributed by atoms with Gasteiger partial charge in [-0.25, -0.2) is 0 Å². The lowest BCUT2D eigenvalue weighted by molar-refractivity contribution is -0.114. The lowest BCUT2D eigenvalue weighted by Crippen LogP contribution is -2.02. The molecule has 0 radical (unpaired) electrons. The summed E-state index contributed by atoms with van der Waals surface area (Å²) in [4.78, 5) is 12.0. The number of benzene rings is 1. The van der Waals surface area contributed by atoms with E-state index in [4.69, 9.17) is 4.74 Å². The van der Waals surface area contributed by atoms with E-state index in [2.05, 4.69) is 0 Å². The molecule has 1 fully saturated rings. The number of hydrogen-bond donors (Lipinski definition) is 0. The van der Waals surface area contributed by atoms with Gasteiger partial charge < -0.3 is 4.74 Å². The smallest absolute Gasteiger partial charge is 0.160 e. The number of carbonyl (C=O) groups is 1. The fourth-order valence-corrected chi connectivity index (χ4v) is 2.41. The fraction of sp³-hybridized carbons (Fsp3) is 0.438. The highest BCUT2D eigenvalue weighted by Crippen LogP contribution is 2.23. The third-order valence-corrected chi connectivity index (χ3v) is 3.37. The summed E-state index contributed by atoms with van der Waals surface area (Å²) in [6.07, 6.45) is 8.31. The minimum Gasteiger partial charge on any atom is -0.497 e. The molecule has 0 aromatic heterocycles. The summed E-state index contributed by atoms with van der Waals surface area (Å²) in [7, 11) is 1.64. The minimum absolute atomic E-state index is 0.208. The van der Waals surface area contributed by atoms with Crippen molar-refractivity contribution in [3.8, 4) is 5.75 Å². The quantitative estimate of drug-likeness (QED) is 0.755. The zero-order chi connectivity index (χ0) is 12.8. The van der Waals surface area contributed by atoms with Crippen molar-refractivity contribution in [2.75, 3.05) is 7.11 Å². The number of ketones is 1. The molecule has 1 aliphatic rings. The molecule has 0 atom stereocenters. The molecule has 0 spiro atoms. The Morgan fingerprint density at radius 3 is 2.78 bits per heavy atom. The number of methoxy groups -OCH3 is 1. The van der Waals surface area contributed by atoms with Gasteiger partial charge in [0.15, 0.2) is 5.78 Å². The number of rotatable bonds is 4. The summed E-state index contributed by atoms with van der Waals surface area (Å²) >= 11 is 0. The third kappa shape index (κ3) is 3.73. The van der Waals surface area contributed by atoms with Crippen LogP contribution in [-0.4, -0.2) is 12.9 Å². The molecule has 0 aliphatic heterocycles. The van der Waals surface area contributed by atoms with Crippen molar-refractivity contribution in [2.24, 2.45) is 0 Å². The molecule has 0 amide bonds. The highest BCUT2D eigenvalue weighted by molar-refractivity contribution is 5.92. The van der Waals surface area contributed by atoms with Crippen LogP contribution < -0.4 is 4.74 Å². The number of allylic oxidation sites excluding steroid dienone is 2. The van der Waals surface area contributed by atoms with E-state index in [0.29, 0.717) is 6.42 Å². The van der Waals surface area contributed by atoms with Gasteiger partial charge in [-0.3, -0.25) is 4.79 Å². The van der Waals surface area contributed by atoms with E-state index in [1.54, 1.807) is 7.11 Å². The third-order valence-electron chi connectivity index (χ3n) is 3.37. The van der Waals surface area contributed by atoms with Crippen LogP contribution in [0.2, 0.25) is 0 Å². The molecule has 0 heterocycles. The first kappa shape index (κ1) is 12.9. The standard InChI is InChI=1S/C16H20O2/c1-18-16-9-5-8-14(12-16)11-15(17)10-13-6-3-2-4-7-13/h5,8-10,12H,2-4,6-7,11H2,1H3. The largest absolute Gasteiger partial charge is 0.497 e. The molecule has 2 nitrogen and oxygen atoms in total. The summed E-state index contributed by atoms with van der Waals surface area (Å²) in [5.74, 6) is 1.02. The van der Waals surface area contributed by atoms with Gasteiger partial charge in [0.1, 0.15) is 5.75 Å². The van der Waals surface area contributed by atoms with E-state index in [1.165, 1.54) is 24.8 Å². The van der Waals surface area contributed by atoms with Gasteiger partial charge in [-0.05, 0) is 49.5 Å². The van der Waals surface area contributed by atoms with Crippen LogP contribution in [0, 0.1) is 0 Å². The predicted octanol–water partition coefficient (Wildman–Crippen LogP) is 3.70. The molecule has 0 N–H and O–H groups in total. The monoisotopic (exact) mass is 244 g/mol. The average Bonchev–Trinajstić information content (AvgIpc) is 2.40. The van der Waals surface area contributed by atoms with Crippen LogP contribution >= 0.6 is 0 Å². The summed E-state index contributed by atoms with van der Waals surface area (Å²) in [5, 5.41) is 0. The van der Waals surface area contributed by atoms with E-state index < -0.39 is 0 Å². The van der Waals surface area contributed by atoms with Crippen LogP contribution in [0.1, 0.15) is 37.7 Å². The first-order valence-corrected chi connectivity index (χ1v) is 6.63. The minimum atomic E-state index is 0.208. The predicted molar refractivity (Wildman–Crippen MR) is 72.9 cm³/mol. The van der Waals surface area contributed by atoms with Crippen LogP contribution in [-0.2, 0) is 11.2 Å². The Hall–Kier alpha value is -1.57. The first-order valence-electron chi connectivity index (χ1n) is 6.63. The maximum absolute atomic E-state index is 12.0. The molecular formula is C16H20O2. The summed E-state index contributed by atoms with van der Waals surface area (Å²) in [6, 6.07) is 7.72. The molecule has 1 aliphatic carbocycles. The van der Waals surface area contributed by atoms with Crippen molar-refractivity contribution in [1.82, 2.24) is 0 Å². The van der Waals surface area contributed by atoms with Gasteiger partial charge >= 0.3 is 0 Å². The fourth-order valence-electron chi connectivity index (χ4n) is 2.41. The molecular weight excluding hydrogens is 224 g/mol. The van der Waals surface area contributed by atoms with Crippen LogP contribution in [0.5, 0.6) is 5.75 Å². The molecule has 2 heteroatoms. The SMILES string of the molecule is COc1cccc(CC(=O)C=C2CCCCC2)c1. The number of hydrogen-bond acceptors (Lipinski definition) is 2. The van der Waals surface area contributed by atoms with Crippen molar-refractivity contribution < 1.29 is 9.53 Å². The lowest BCUT2D eigenvalue weighted by atomic mass is 9.93. The van der Waals surface area contributed by atoms with Crippen LogP contribution in [0.25, 0.3) is 0 Å². The first-order chi connectivity index (χ1) is 8.78. The van der Waals surface area contributed by atoms with Crippen molar-refractivity contribution >= 4 is 5.78 Å². The van der Waals surface area contributed by atoms with Crippen molar-refractivity contribution in [3.05, 3.63) is 41.5 Å². The zero-order valence-corrected chi connectivity index (χ0v) is 10.9. The molecule has 1 aromatic carbocycles. The molecule has 0 unspecified atom stereocenters. The highest BCUT2D eigenvalue weighted by atomic mass is 16.5. The zero-order valence-electron chi connectivity index (χ0n) is 10.9. The maximum Gasteiger partial charge on any atom is 0.160 e. The van der Waals surface area contributed by atoms with Gasteiger partial charge in [-0.2, -0.15) is 0 Å². The van der Waals surface area contributed by atoms with Gasteiger partial charge in [0.05, 0.1) is 7.11 Å². The normalized spacial score (nSPS) is 15.3. The van der Waals surface area contributed by atoms with Gasteiger partial charge in [-0.15, -0.1) is 0 Å². The van der Waals surface area contributed by atoms with Crippen LogP contribution in [0.3, 0.4) is 0 Å². The maximum atomic E-state index is 12.0. The molecule has 1 aromatic rings. The highest BCUT2D eigenvalue weighted by Gasteiger charge is 2.08. The van der Waals surface area contributed by atoms with E-state index in [0.717, 1.165) is 24.2 Å². The molecule has 2 rings (SSSR count). The number of carbonyl (C=O) groups excluding carboxylic acids is 1. The second-order valence-electron chi connectivity index (χ2n) is 4.86. The van der Waals surface area contributed by atoms with Gasteiger partial charge in [0.2, 0.25) is 0 Å². The Balaban J connectivity index is 1.97. The molecule has 1 saturated carbocycles. The summed E-state index contributed by atoms with van der Waals surface area (Å²) in [5.41, 5.74) is 2.35. The molecule has 0 saturated heterocycles. The van der Waals surface area contributed by atoms with Crippen molar-refractivity contribution in [2.45, 2.75) is 38.5 Å². The van der Waals surface area contributed by atoms with E-state index in [1.807, 2.05) is 30.3 Å². The van der Waals surface area contributed by atoms with Gasteiger partial charge in [0, 0.05) is 6.42 Å². The molecule has 0 bridgehead atoms. The Kier molecular flexibility index (Phi) is 4.57. The topological polar surface area (TPSA) is 26.3 Å². The Morgan fingerprint density at radius 1 is 1.28 bits per heavy atom.